The number of anilines is 1. The number of nitrogens with zero attached hydrogens (tertiary/aromatic N) is 2. The largest absolute Gasteiger partial charge is 0.373 e. The molecule has 1 aromatic carbocycles. The van der Waals surface area contributed by atoms with Gasteiger partial charge in [-0.15, -0.1) is 0 Å². The van der Waals surface area contributed by atoms with Crippen LogP contribution in [0, 0.1) is 0 Å². The Kier molecular flexibility index (Phi) is 6.47. The Bertz CT molecular complexity index is 366. The van der Waals surface area contributed by atoms with Crippen LogP contribution in [0.2, 0.25) is 5.02 Å². The molecule has 0 radical (unpaired) electrons. The minimum Gasteiger partial charge on any atom is -0.373 e. The summed E-state index contributed by atoms with van der Waals surface area (Å²) < 4.78 is 0. The molecule has 1 N–H and O–H groups in total. The lowest BCUT2D eigenvalue weighted by Crippen LogP contribution is -2.28. The molecule has 0 amide bonds. The molecule has 18 heavy (non-hydrogen) atoms. The van der Waals surface area contributed by atoms with Gasteiger partial charge in [-0.2, -0.15) is 0 Å². The Balaban J connectivity index is 2.65. The molecular formula is C14H24ClN3. The maximum Gasteiger partial charge on any atom is 0.0471 e. The smallest absolute Gasteiger partial charge is 0.0471 e. The number of nitrogens with one attached hydrogen (secondary N) is 1. The number of halogens is 1. The molecule has 0 saturated carbocycles. The number of hydrogen-bond acceptors (Lipinski definition) is 3. The first-order valence-electron chi connectivity index (χ1n) is 6.39. The van der Waals surface area contributed by atoms with E-state index in [4.69, 9.17) is 11.6 Å². The molecule has 0 aliphatic heterocycles. The average molecular weight is 270 g/mol. The van der Waals surface area contributed by atoms with Crippen LogP contribution >= 0.6 is 11.6 Å². The van der Waals surface area contributed by atoms with Crippen molar-refractivity contribution in [3.05, 3.63) is 28.8 Å². The van der Waals surface area contributed by atoms with Crippen LogP contribution in [-0.4, -0.2) is 45.7 Å². The molecule has 0 aromatic heterocycles. The third-order valence-corrected chi connectivity index (χ3v) is 3.28. The first-order chi connectivity index (χ1) is 8.54. The zero-order valence-corrected chi connectivity index (χ0v) is 12.6. The summed E-state index contributed by atoms with van der Waals surface area (Å²) in [6, 6.07) is 6.28. The zero-order valence-electron chi connectivity index (χ0n) is 11.8. The molecule has 0 atom stereocenters. The van der Waals surface area contributed by atoms with E-state index in [2.05, 4.69) is 55.3 Å². The Hall–Kier alpha value is -0.770. The van der Waals surface area contributed by atoms with Crippen molar-refractivity contribution in [3.63, 3.8) is 0 Å². The van der Waals surface area contributed by atoms with Gasteiger partial charge in [-0.1, -0.05) is 24.6 Å². The number of rotatable bonds is 7. The fourth-order valence-electron chi connectivity index (χ4n) is 1.66. The Morgan fingerprint density at radius 2 is 1.89 bits per heavy atom. The van der Waals surface area contributed by atoms with Crippen molar-refractivity contribution in [3.8, 4) is 0 Å². The second-order valence-corrected chi connectivity index (χ2v) is 5.19. The van der Waals surface area contributed by atoms with Crippen molar-refractivity contribution >= 4 is 17.3 Å². The van der Waals surface area contributed by atoms with E-state index in [0.29, 0.717) is 0 Å². The number of hydrogen-bond donors (Lipinski definition) is 1. The highest BCUT2D eigenvalue weighted by atomic mass is 35.5. The van der Waals surface area contributed by atoms with Crippen molar-refractivity contribution in [2.75, 3.05) is 45.7 Å². The average Bonchev–Trinajstić information content (AvgIpc) is 2.34. The standard InChI is InChI=1S/C14H24ClN3/c1-5-16-11-12-6-7-13(10-14(12)15)18(4)9-8-17(2)3/h6-7,10,16H,5,8-9,11H2,1-4H3. The summed E-state index contributed by atoms with van der Waals surface area (Å²) in [4.78, 5) is 4.40. The van der Waals surface area contributed by atoms with E-state index in [9.17, 15) is 0 Å². The van der Waals surface area contributed by atoms with Crippen molar-refractivity contribution < 1.29 is 0 Å². The maximum atomic E-state index is 6.29. The minimum atomic E-state index is 0.830. The molecule has 0 saturated heterocycles. The van der Waals surface area contributed by atoms with E-state index in [0.717, 1.165) is 36.8 Å². The number of benzene rings is 1. The van der Waals surface area contributed by atoms with Crippen LogP contribution in [0.1, 0.15) is 12.5 Å². The summed E-state index contributed by atoms with van der Waals surface area (Å²) in [7, 11) is 6.26. The van der Waals surface area contributed by atoms with Gasteiger partial charge in [-0.25, -0.2) is 0 Å². The molecule has 4 heteroatoms. The summed E-state index contributed by atoms with van der Waals surface area (Å²) in [5.41, 5.74) is 2.32. The van der Waals surface area contributed by atoms with E-state index in [1.165, 1.54) is 5.69 Å². The van der Waals surface area contributed by atoms with Gasteiger partial charge in [-0.05, 0) is 38.3 Å². The minimum absolute atomic E-state index is 0.830. The third kappa shape index (κ3) is 4.84. The SMILES string of the molecule is CCNCc1ccc(N(C)CCN(C)C)cc1Cl. The second-order valence-electron chi connectivity index (χ2n) is 4.78. The van der Waals surface area contributed by atoms with Crippen molar-refractivity contribution in [1.82, 2.24) is 10.2 Å². The van der Waals surface area contributed by atoms with Crippen molar-refractivity contribution in [2.45, 2.75) is 13.5 Å². The highest BCUT2D eigenvalue weighted by Crippen LogP contribution is 2.23. The van der Waals surface area contributed by atoms with Crippen molar-refractivity contribution in [1.29, 1.82) is 0 Å². The highest BCUT2D eigenvalue weighted by Gasteiger charge is 2.05. The van der Waals surface area contributed by atoms with Gasteiger partial charge in [0.15, 0.2) is 0 Å². The summed E-state index contributed by atoms with van der Waals surface area (Å²) in [5.74, 6) is 0. The monoisotopic (exact) mass is 269 g/mol. The summed E-state index contributed by atoms with van der Waals surface area (Å²) in [6.07, 6.45) is 0. The van der Waals surface area contributed by atoms with Gasteiger partial charge in [0.2, 0.25) is 0 Å². The van der Waals surface area contributed by atoms with Crippen LogP contribution in [0.5, 0.6) is 0 Å². The topological polar surface area (TPSA) is 18.5 Å². The Labute approximate surface area is 116 Å². The molecule has 0 spiro atoms. The zero-order chi connectivity index (χ0) is 13.5. The van der Waals surface area contributed by atoms with Gasteiger partial charge >= 0.3 is 0 Å². The molecule has 3 nitrogen and oxygen atoms in total. The molecule has 102 valence electrons. The van der Waals surface area contributed by atoms with E-state index >= 15 is 0 Å². The molecule has 0 heterocycles. The van der Waals surface area contributed by atoms with Gasteiger partial charge in [-0.3, -0.25) is 0 Å². The van der Waals surface area contributed by atoms with E-state index in [1.54, 1.807) is 0 Å². The first-order valence-corrected chi connectivity index (χ1v) is 6.77. The molecule has 0 bridgehead atoms. The normalized spacial score (nSPS) is 11.0. The Morgan fingerprint density at radius 1 is 1.17 bits per heavy atom. The van der Waals surface area contributed by atoms with E-state index < -0.39 is 0 Å². The lowest BCUT2D eigenvalue weighted by molar-refractivity contribution is 0.416. The lowest BCUT2D eigenvalue weighted by atomic mass is 10.2. The van der Waals surface area contributed by atoms with Crippen LogP contribution in [0.4, 0.5) is 5.69 Å². The fraction of sp³-hybridized carbons (Fsp3) is 0.571. The maximum absolute atomic E-state index is 6.29. The quantitative estimate of drug-likeness (QED) is 0.820. The third-order valence-electron chi connectivity index (χ3n) is 2.93. The summed E-state index contributed by atoms with van der Waals surface area (Å²) in [5, 5.41) is 4.13. The van der Waals surface area contributed by atoms with Crippen LogP contribution in [0.25, 0.3) is 0 Å². The van der Waals surface area contributed by atoms with Crippen LogP contribution in [0.3, 0.4) is 0 Å². The highest BCUT2D eigenvalue weighted by molar-refractivity contribution is 6.31. The summed E-state index contributed by atoms with van der Waals surface area (Å²) >= 11 is 6.29. The summed E-state index contributed by atoms with van der Waals surface area (Å²) in [6.45, 7) is 5.91. The Morgan fingerprint density at radius 3 is 2.44 bits per heavy atom. The van der Waals surface area contributed by atoms with Gasteiger partial charge in [0.05, 0.1) is 0 Å². The second kappa shape index (κ2) is 7.62. The molecule has 0 aliphatic rings. The molecule has 0 aliphatic carbocycles. The van der Waals surface area contributed by atoms with Gasteiger partial charge in [0, 0.05) is 37.4 Å². The molecule has 0 fully saturated rings. The predicted molar refractivity (Wildman–Crippen MR) is 80.7 cm³/mol. The van der Waals surface area contributed by atoms with Crippen molar-refractivity contribution in [2.24, 2.45) is 0 Å². The fourth-order valence-corrected chi connectivity index (χ4v) is 1.90. The van der Waals surface area contributed by atoms with Crippen LogP contribution < -0.4 is 10.2 Å². The molecule has 1 aromatic rings. The van der Waals surface area contributed by atoms with Gasteiger partial charge < -0.3 is 15.1 Å². The van der Waals surface area contributed by atoms with Crippen LogP contribution in [-0.2, 0) is 6.54 Å². The van der Waals surface area contributed by atoms with Gasteiger partial charge in [0.1, 0.15) is 0 Å². The van der Waals surface area contributed by atoms with Crippen LogP contribution in [0.15, 0.2) is 18.2 Å². The number of likely N-dealkylation sites (N-methyl/N-ethyl adjacent to an activating group) is 2. The first kappa shape index (κ1) is 15.3. The van der Waals surface area contributed by atoms with E-state index in [-0.39, 0.29) is 0 Å². The predicted octanol–water partition coefficient (Wildman–Crippen LogP) is 2.45. The molecule has 0 unspecified atom stereocenters. The van der Waals surface area contributed by atoms with Gasteiger partial charge in [0.25, 0.3) is 0 Å². The molecular weight excluding hydrogens is 246 g/mol. The van der Waals surface area contributed by atoms with E-state index in [1.807, 2.05) is 6.07 Å². The molecule has 1 rings (SSSR count). The lowest BCUT2D eigenvalue weighted by Gasteiger charge is -2.22.